The molecule has 0 amide bonds. The molecule has 1 atom stereocenters. The van der Waals surface area contributed by atoms with Crippen LogP contribution in [-0.2, 0) is 0 Å². The molecule has 1 rings (SSSR count). The van der Waals surface area contributed by atoms with Crippen molar-refractivity contribution in [2.24, 2.45) is 0 Å². The summed E-state index contributed by atoms with van der Waals surface area (Å²) in [5.41, 5.74) is 0. The van der Waals surface area contributed by atoms with Crippen LogP contribution >= 0.6 is 0 Å². The van der Waals surface area contributed by atoms with Crippen molar-refractivity contribution in [1.29, 1.82) is 0 Å². The van der Waals surface area contributed by atoms with Crippen molar-refractivity contribution in [3.63, 3.8) is 0 Å². The lowest BCUT2D eigenvalue weighted by molar-refractivity contribution is 0.0903. The number of aliphatic hydroxyl groups excluding tert-OH is 1. The highest BCUT2D eigenvalue weighted by atomic mass is 16.3. The van der Waals surface area contributed by atoms with E-state index < -0.39 is 6.23 Å². The molecule has 43 valence electrons. The van der Waals surface area contributed by atoms with E-state index >= 15 is 0 Å². The number of allylic oxidation sites excluding steroid dienone is 2. The SMILES string of the molecule is CN1C=CC=[C]C1O. The van der Waals surface area contributed by atoms with Crippen LogP contribution in [0.1, 0.15) is 0 Å². The number of aliphatic hydroxyl groups is 1. The minimum absolute atomic E-state index is 0.556. The van der Waals surface area contributed by atoms with Gasteiger partial charge in [-0.15, -0.1) is 0 Å². The summed E-state index contributed by atoms with van der Waals surface area (Å²) in [5, 5.41) is 8.91. The first kappa shape index (κ1) is 5.38. The number of hydrogen-bond acceptors (Lipinski definition) is 2. The molecular formula is C6H8NO. The largest absolute Gasteiger partial charge is 0.369 e. The second-order valence-corrected chi connectivity index (χ2v) is 1.71. The highest BCUT2D eigenvalue weighted by Gasteiger charge is 2.03. The molecule has 1 N–H and O–H groups in total. The second kappa shape index (κ2) is 2.01. The standard InChI is InChI=1S/C6H8NO/c1-7-5-3-2-4-6(7)8/h2-3,5-6,8H,1H3. The summed E-state index contributed by atoms with van der Waals surface area (Å²) in [6, 6.07) is 0. The van der Waals surface area contributed by atoms with Gasteiger partial charge in [-0.3, -0.25) is 0 Å². The molecule has 1 aliphatic rings. The Hall–Kier alpha value is -0.760. The van der Waals surface area contributed by atoms with Gasteiger partial charge in [0.25, 0.3) is 0 Å². The van der Waals surface area contributed by atoms with Crippen molar-refractivity contribution in [2.75, 3.05) is 7.05 Å². The monoisotopic (exact) mass is 110 g/mol. The Labute approximate surface area is 48.7 Å². The Balaban J connectivity index is 2.59. The van der Waals surface area contributed by atoms with Crippen LogP contribution in [0.3, 0.4) is 0 Å². The second-order valence-electron chi connectivity index (χ2n) is 1.71. The lowest BCUT2D eigenvalue weighted by Crippen LogP contribution is -2.25. The van der Waals surface area contributed by atoms with Gasteiger partial charge in [-0.05, 0) is 6.08 Å². The molecule has 0 aromatic heterocycles. The van der Waals surface area contributed by atoms with E-state index in [1.807, 2.05) is 6.08 Å². The maximum absolute atomic E-state index is 8.91. The predicted octanol–water partition coefficient (Wildman–Crippen LogP) is 0.123. The number of hydrogen-bond donors (Lipinski definition) is 1. The van der Waals surface area contributed by atoms with Gasteiger partial charge in [0.2, 0.25) is 0 Å². The first-order chi connectivity index (χ1) is 3.80. The van der Waals surface area contributed by atoms with Crippen LogP contribution in [0.2, 0.25) is 0 Å². The van der Waals surface area contributed by atoms with Gasteiger partial charge in [-0.2, -0.15) is 0 Å². The molecule has 2 nitrogen and oxygen atoms in total. The Morgan fingerprint density at radius 3 is 2.88 bits per heavy atom. The zero-order chi connectivity index (χ0) is 5.98. The number of rotatable bonds is 0. The normalized spacial score (nSPS) is 26.8. The van der Waals surface area contributed by atoms with Crippen molar-refractivity contribution < 1.29 is 5.11 Å². The Morgan fingerprint density at radius 1 is 1.75 bits per heavy atom. The maximum atomic E-state index is 8.91. The molecule has 0 saturated heterocycles. The van der Waals surface area contributed by atoms with Gasteiger partial charge in [0, 0.05) is 19.3 Å². The van der Waals surface area contributed by atoms with E-state index in [1.54, 1.807) is 24.2 Å². The van der Waals surface area contributed by atoms with Crippen LogP contribution in [0.15, 0.2) is 18.4 Å². The summed E-state index contributed by atoms with van der Waals surface area (Å²) in [5.74, 6) is 0. The summed E-state index contributed by atoms with van der Waals surface area (Å²) in [6.45, 7) is 0. The van der Waals surface area contributed by atoms with Crippen molar-refractivity contribution in [2.45, 2.75) is 6.23 Å². The third kappa shape index (κ3) is 0.898. The quantitative estimate of drug-likeness (QED) is 0.479. The fraction of sp³-hybridized carbons (Fsp3) is 0.333. The minimum Gasteiger partial charge on any atom is -0.369 e. The topological polar surface area (TPSA) is 23.5 Å². The van der Waals surface area contributed by atoms with Crippen molar-refractivity contribution >= 4 is 0 Å². The molecule has 2 heteroatoms. The van der Waals surface area contributed by atoms with Crippen LogP contribution in [0.4, 0.5) is 0 Å². The van der Waals surface area contributed by atoms with Gasteiger partial charge in [-0.25, -0.2) is 0 Å². The van der Waals surface area contributed by atoms with E-state index in [1.165, 1.54) is 0 Å². The Morgan fingerprint density at radius 2 is 2.50 bits per heavy atom. The highest BCUT2D eigenvalue weighted by molar-refractivity contribution is 5.05. The Kier molecular flexibility index (Phi) is 1.35. The summed E-state index contributed by atoms with van der Waals surface area (Å²) in [7, 11) is 1.79. The van der Waals surface area contributed by atoms with Gasteiger partial charge >= 0.3 is 0 Å². The Bertz CT molecular complexity index is 112. The average molecular weight is 110 g/mol. The summed E-state index contributed by atoms with van der Waals surface area (Å²) in [6.07, 6.45) is 7.46. The van der Waals surface area contributed by atoms with Crippen LogP contribution in [-0.4, -0.2) is 23.3 Å². The van der Waals surface area contributed by atoms with E-state index in [2.05, 4.69) is 6.08 Å². The molecule has 1 radical (unpaired) electrons. The van der Waals surface area contributed by atoms with E-state index in [-0.39, 0.29) is 0 Å². The molecule has 0 aromatic rings. The number of likely N-dealkylation sites (N-methyl/N-ethyl adjacent to an activating group) is 1. The lowest BCUT2D eigenvalue weighted by atomic mass is 10.3. The molecule has 1 heterocycles. The van der Waals surface area contributed by atoms with Crippen LogP contribution in [0.5, 0.6) is 0 Å². The first-order valence-electron chi connectivity index (χ1n) is 2.47. The van der Waals surface area contributed by atoms with Crippen molar-refractivity contribution in [3.8, 4) is 0 Å². The van der Waals surface area contributed by atoms with E-state index in [0.717, 1.165) is 0 Å². The summed E-state index contributed by atoms with van der Waals surface area (Å²) < 4.78 is 0. The molecule has 8 heavy (non-hydrogen) atoms. The molecule has 0 fully saturated rings. The fourth-order valence-electron chi connectivity index (χ4n) is 0.520. The van der Waals surface area contributed by atoms with E-state index in [9.17, 15) is 0 Å². The first-order valence-corrected chi connectivity index (χ1v) is 2.47. The third-order valence-corrected chi connectivity index (χ3v) is 1.05. The zero-order valence-electron chi connectivity index (χ0n) is 4.70. The highest BCUT2D eigenvalue weighted by Crippen LogP contribution is 1.99. The number of nitrogens with zero attached hydrogens (tertiary/aromatic N) is 1. The van der Waals surface area contributed by atoms with Crippen LogP contribution in [0.25, 0.3) is 0 Å². The van der Waals surface area contributed by atoms with Crippen molar-refractivity contribution in [3.05, 3.63) is 24.4 Å². The van der Waals surface area contributed by atoms with Gasteiger partial charge in [0.05, 0.1) is 0 Å². The van der Waals surface area contributed by atoms with Gasteiger partial charge in [0.1, 0.15) is 0 Å². The molecule has 0 spiro atoms. The predicted molar refractivity (Wildman–Crippen MR) is 30.7 cm³/mol. The van der Waals surface area contributed by atoms with Crippen molar-refractivity contribution in [1.82, 2.24) is 4.90 Å². The van der Waals surface area contributed by atoms with Gasteiger partial charge < -0.3 is 10.0 Å². The maximum Gasteiger partial charge on any atom is 0.153 e. The molecule has 1 unspecified atom stereocenters. The van der Waals surface area contributed by atoms with Crippen LogP contribution in [0, 0.1) is 6.08 Å². The molecule has 0 aromatic carbocycles. The molecule has 0 saturated carbocycles. The molecule has 1 aliphatic heterocycles. The van der Waals surface area contributed by atoms with Gasteiger partial charge in [0.15, 0.2) is 6.23 Å². The third-order valence-electron chi connectivity index (χ3n) is 1.05. The van der Waals surface area contributed by atoms with Crippen LogP contribution < -0.4 is 0 Å². The van der Waals surface area contributed by atoms with E-state index in [4.69, 9.17) is 5.11 Å². The zero-order valence-corrected chi connectivity index (χ0v) is 4.70. The molecule has 0 bridgehead atoms. The lowest BCUT2D eigenvalue weighted by Gasteiger charge is -2.19. The average Bonchev–Trinajstić information content (AvgIpc) is 1.77. The van der Waals surface area contributed by atoms with E-state index in [0.29, 0.717) is 0 Å². The van der Waals surface area contributed by atoms with Gasteiger partial charge in [-0.1, -0.05) is 6.08 Å². The minimum atomic E-state index is -0.556. The fourth-order valence-corrected chi connectivity index (χ4v) is 0.520. The summed E-state index contributed by atoms with van der Waals surface area (Å²) >= 11 is 0. The smallest absolute Gasteiger partial charge is 0.153 e. The summed E-state index contributed by atoms with van der Waals surface area (Å²) in [4.78, 5) is 1.67. The molecule has 0 aliphatic carbocycles. The molecular weight excluding hydrogens is 102 g/mol.